The van der Waals surface area contributed by atoms with Crippen molar-refractivity contribution in [3.05, 3.63) is 23.8 Å². The summed E-state index contributed by atoms with van der Waals surface area (Å²) in [5.41, 5.74) is -0.599. The minimum Gasteiger partial charge on any atom is -0.481 e. The molecule has 0 spiro atoms. The van der Waals surface area contributed by atoms with Crippen molar-refractivity contribution >= 4 is 11.9 Å². The van der Waals surface area contributed by atoms with Gasteiger partial charge in [-0.1, -0.05) is 18.2 Å². The van der Waals surface area contributed by atoms with E-state index in [0.717, 1.165) is 0 Å². The number of rotatable bonds is 2. The van der Waals surface area contributed by atoms with Gasteiger partial charge in [-0.2, -0.15) is 0 Å². The van der Waals surface area contributed by atoms with E-state index in [2.05, 4.69) is 0 Å². The Kier molecular flexibility index (Phi) is 1.37. The van der Waals surface area contributed by atoms with Gasteiger partial charge >= 0.3 is 11.9 Å². The van der Waals surface area contributed by atoms with Crippen LogP contribution in [0.15, 0.2) is 23.8 Å². The monoisotopic (exact) mass is 180 g/mol. The van der Waals surface area contributed by atoms with Crippen molar-refractivity contribution in [3.63, 3.8) is 0 Å². The largest absolute Gasteiger partial charge is 0.481 e. The van der Waals surface area contributed by atoms with E-state index in [-0.39, 0.29) is 11.5 Å². The first-order valence-corrected chi connectivity index (χ1v) is 3.94. The van der Waals surface area contributed by atoms with Crippen molar-refractivity contribution in [1.82, 2.24) is 0 Å². The average molecular weight is 180 g/mol. The third-order valence-corrected chi connectivity index (χ3v) is 2.65. The van der Waals surface area contributed by atoms with Crippen LogP contribution in [0.3, 0.4) is 0 Å². The van der Waals surface area contributed by atoms with Crippen molar-refractivity contribution in [1.29, 1.82) is 0 Å². The van der Waals surface area contributed by atoms with Crippen molar-refractivity contribution in [2.24, 2.45) is 11.3 Å². The summed E-state index contributed by atoms with van der Waals surface area (Å²) in [4.78, 5) is 21.3. The summed E-state index contributed by atoms with van der Waals surface area (Å²) in [5.74, 6) is -1.99. The molecule has 13 heavy (non-hydrogen) atoms. The maximum Gasteiger partial charge on any atom is 0.335 e. The lowest BCUT2D eigenvalue weighted by Gasteiger charge is -2.08. The normalized spacial score (nSPS) is 34.8. The molecule has 1 saturated carbocycles. The SMILES string of the molecule is O=C(O)C1=CC2CC2(C(=O)O)C=C1. The van der Waals surface area contributed by atoms with Gasteiger partial charge in [0.2, 0.25) is 0 Å². The number of aliphatic carboxylic acids is 2. The zero-order valence-corrected chi connectivity index (χ0v) is 6.73. The van der Waals surface area contributed by atoms with Crippen LogP contribution < -0.4 is 0 Å². The lowest BCUT2D eigenvalue weighted by Crippen LogP contribution is -2.17. The number of hydrogen-bond donors (Lipinski definition) is 2. The average Bonchev–Trinajstić information content (AvgIpc) is 2.77. The smallest absolute Gasteiger partial charge is 0.335 e. The molecule has 2 unspecified atom stereocenters. The molecular formula is C9H8O4. The summed E-state index contributed by atoms with van der Waals surface area (Å²) in [6.07, 6.45) is 4.91. The van der Waals surface area contributed by atoms with Crippen LogP contribution in [0.2, 0.25) is 0 Å². The molecule has 0 aromatic heterocycles. The maximum atomic E-state index is 10.8. The summed E-state index contributed by atoms with van der Waals surface area (Å²) in [5, 5.41) is 17.5. The first-order chi connectivity index (χ1) is 6.06. The second-order valence-corrected chi connectivity index (χ2v) is 3.42. The first kappa shape index (κ1) is 8.04. The van der Waals surface area contributed by atoms with Gasteiger partial charge in [-0.05, 0) is 12.3 Å². The zero-order chi connectivity index (χ0) is 9.64. The van der Waals surface area contributed by atoms with E-state index in [9.17, 15) is 9.59 Å². The fraction of sp³-hybridized carbons (Fsp3) is 0.333. The van der Waals surface area contributed by atoms with E-state index in [1.54, 1.807) is 0 Å². The Balaban J connectivity index is 2.26. The van der Waals surface area contributed by atoms with Gasteiger partial charge in [-0.15, -0.1) is 0 Å². The van der Waals surface area contributed by atoms with Crippen LogP contribution in [0.25, 0.3) is 0 Å². The topological polar surface area (TPSA) is 74.6 Å². The maximum absolute atomic E-state index is 10.8. The minimum absolute atomic E-state index is 0.124. The van der Waals surface area contributed by atoms with E-state index < -0.39 is 17.4 Å². The lowest BCUT2D eigenvalue weighted by atomic mass is 9.96. The number of fused-ring (bicyclic) bond motifs is 1. The van der Waals surface area contributed by atoms with Crippen LogP contribution in [0, 0.1) is 11.3 Å². The molecule has 0 heterocycles. The van der Waals surface area contributed by atoms with Crippen molar-refractivity contribution in [2.75, 3.05) is 0 Å². The van der Waals surface area contributed by atoms with Crippen LogP contribution >= 0.6 is 0 Å². The van der Waals surface area contributed by atoms with Crippen LogP contribution in [-0.2, 0) is 9.59 Å². The van der Waals surface area contributed by atoms with E-state index in [1.165, 1.54) is 18.2 Å². The van der Waals surface area contributed by atoms with Gasteiger partial charge in [0.25, 0.3) is 0 Å². The third kappa shape index (κ3) is 0.983. The Hall–Kier alpha value is -1.58. The molecule has 2 rings (SSSR count). The fourth-order valence-electron chi connectivity index (χ4n) is 1.67. The molecule has 0 aromatic carbocycles. The highest BCUT2D eigenvalue weighted by Crippen LogP contribution is 2.57. The highest BCUT2D eigenvalue weighted by atomic mass is 16.4. The molecule has 68 valence electrons. The lowest BCUT2D eigenvalue weighted by molar-refractivity contribution is -0.142. The number of carbonyl (C=O) groups is 2. The number of hydrogen-bond acceptors (Lipinski definition) is 2. The Bertz CT molecular complexity index is 353. The molecule has 0 bridgehead atoms. The molecule has 4 heteroatoms. The Morgan fingerprint density at radius 2 is 2.15 bits per heavy atom. The molecule has 0 aromatic rings. The summed E-state index contributed by atoms with van der Waals surface area (Å²) < 4.78 is 0. The molecule has 2 aliphatic rings. The third-order valence-electron chi connectivity index (χ3n) is 2.65. The highest BCUT2D eigenvalue weighted by Gasteiger charge is 2.58. The van der Waals surface area contributed by atoms with Gasteiger partial charge in [0.1, 0.15) is 0 Å². The molecule has 2 atom stereocenters. The molecule has 2 aliphatic carbocycles. The Labute approximate surface area is 74.2 Å². The van der Waals surface area contributed by atoms with E-state index >= 15 is 0 Å². The molecule has 1 fully saturated rings. The predicted molar refractivity (Wildman–Crippen MR) is 43.0 cm³/mol. The molecule has 2 N–H and O–H groups in total. The zero-order valence-electron chi connectivity index (χ0n) is 6.73. The number of allylic oxidation sites excluding steroid dienone is 1. The quantitative estimate of drug-likeness (QED) is 0.654. The summed E-state index contributed by atoms with van der Waals surface area (Å²) in [6.45, 7) is 0. The predicted octanol–water partition coefficient (Wildman–Crippen LogP) is 0.658. The standard InChI is InChI=1S/C9H8O4/c10-7(11)5-1-2-9(8(12)13)4-6(9)3-5/h1-3,6H,4H2,(H,10,11)(H,12,13). The second-order valence-electron chi connectivity index (χ2n) is 3.42. The number of carboxylic acid groups (broad SMARTS) is 2. The molecule has 0 radical (unpaired) electrons. The number of carboxylic acids is 2. The van der Waals surface area contributed by atoms with Crippen LogP contribution in [-0.4, -0.2) is 22.2 Å². The van der Waals surface area contributed by atoms with Crippen LogP contribution in [0.1, 0.15) is 6.42 Å². The second kappa shape index (κ2) is 2.22. The van der Waals surface area contributed by atoms with Crippen molar-refractivity contribution < 1.29 is 19.8 Å². The molecular weight excluding hydrogens is 172 g/mol. The molecule has 4 nitrogen and oxygen atoms in total. The highest BCUT2D eigenvalue weighted by molar-refractivity contribution is 5.93. The fourth-order valence-corrected chi connectivity index (χ4v) is 1.67. The van der Waals surface area contributed by atoms with Gasteiger partial charge in [-0.25, -0.2) is 4.79 Å². The van der Waals surface area contributed by atoms with E-state index in [1.807, 2.05) is 0 Å². The Morgan fingerprint density at radius 3 is 2.62 bits per heavy atom. The molecule has 0 aliphatic heterocycles. The van der Waals surface area contributed by atoms with Gasteiger partial charge in [0, 0.05) is 0 Å². The van der Waals surface area contributed by atoms with Gasteiger partial charge in [-0.3, -0.25) is 4.79 Å². The van der Waals surface area contributed by atoms with Gasteiger partial charge in [0.15, 0.2) is 0 Å². The van der Waals surface area contributed by atoms with E-state index in [0.29, 0.717) is 6.42 Å². The Morgan fingerprint density at radius 1 is 1.46 bits per heavy atom. The van der Waals surface area contributed by atoms with E-state index in [4.69, 9.17) is 10.2 Å². The van der Waals surface area contributed by atoms with Crippen LogP contribution in [0.4, 0.5) is 0 Å². The summed E-state index contributed by atoms with van der Waals surface area (Å²) in [6, 6.07) is 0. The summed E-state index contributed by atoms with van der Waals surface area (Å²) >= 11 is 0. The van der Waals surface area contributed by atoms with Gasteiger partial charge in [0.05, 0.1) is 11.0 Å². The van der Waals surface area contributed by atoms with Gasteiger partial charge < -0.3 is 10.2 Å². The van der Waals surface area contributed by atoms with Crippen molar-refractivity contribution in [3.8, 4) is 0 Å². The van der Waals surface area contributed by atoms with Crippen molar-refractivity contribution in [2.45, 2.75) is 6.42 Å². The summed E-state index contributed by atoms with van der Waals surface area (Å²) in [7, 11) is 0. The minimum atomic E-state index is -0.998. The molecule has 0 amide bonds. The molecule has 0 saturated heterocycles. The van der Waals surface area contributed by atoms with Crippen LogP contribution in [0.5, 0.6) is 0 Å². The first-order valence-electron chi connectivity index (χ1n) is 3.94.